The van der Waals surface area contributed by atoms with E-state index in [-0.39, 0.29) is 23.4 Å². The topological polar surface area (TPSA) is 66.8 Å². The summed E-state index contributed by atoms with van der Waals surface area (Å²) in [5.74, 6) is 1.88. The highest BCUT2D eigenvalue weighted by Crippen LogP contribution is 2.66. The average Bonchev–Trinajstić information content (AvgIpc) is 2.79. The van der Waals surface area contributed by atoms with E-state index in [0.717, 1.165) is 38.5 Å². The number of ether oxygens (including phenoxy) is 1. The lowest BCUT2D eigenvalue weighted by molar-refractivity contribution is -0.166. The summed E-state index contributed by atoms with van der Waals surface area (Å²) in [6, 6.07) is 0. The van der Waals surface area contributed by atoms with Gasteiger partial charge in [0, 0.05) is 18.9 Å². The highest BCUT2D eigenvalue weighted by Gasteiger charge is 2.62. The van der Waals surface area contributed by atoms with E-state index in [1.807, 2.05) is 6.92 Å². The number of rotatable bonds is 4. The second kappa shape index (κ2) is 6.53. The molecule has 0 spiro atoms. The molecule has 3 saturated carbocycles. The first-order chi connectivity index (χ1) is 11.7. The standard InChI is InChI=1S/C21H36O4/c1-14(23)25-13-19(2)15(9-12-22)5-6-16-17(19)7-10-20(3)18(16)8-11-21(20,4)24/h15-18,22,24H,5-13H2,1-4H3/t15-,16+,17-,18-,19-,20-,21-/m0/s1. The Labute approximate surface area is 152 Å². The van der Waals surface area contributed by atoms with E-state index in [4.69, 9.17) is 4.74 Å². The first-order valence-corrected chi connectivity index (χ1v) is 10.1. The molecule has 144 valence electrons. The van der Waals surface area contributed by atoms with E-state index in [9.17, 15) is 15.0 Å². The predicted octanol–water partition coefficient (Wildman–Crippen LogP) is 3.54. The molecule has 0 aromatic heterocycles. The molecule has 0 radical (unpaired) electrons. The summed E-state index contributed by atoms with van der Waals surface area (Å²) in [4.78, 5) is 11.5. The van der Waals surface area contributed by atoms with Crippen molar-refractivity contribution in [1.82, 2.24) is 0 Å². The molecule has 2 N–H and O–H groups in total. The largest absolute Gasteiger partial charge is 0.465 e. The van der Waals surface area contributed by atoms with Crippen LogP contribution in [0.25, 0.3) is 0 Å². The van der Waals surface area contributed by atoms with Gasteiger partial charge in [0.05, 0.1) is 12.2 Å². The molecule has 0 aromatic carbocycles. The van der Waals surface area contributed by atoms with Crippen molar-refractivity contribution in [3.63, 3.8) is 0 Å². The summed E-state index contributed by atoms with van der Waals surface area (Å²) in [6.45, 7) is 8.76. The van der Waals surface area contributed by atoms with E-state index in [2.05, 4.69) is 13.8 Å². The molecule has 3 fully saturated rings. The van der Waals surface area contributed by atoms with Gasteiger partial charge in [-0.15, -0.1) is 0 Å². The Balaban J connectivity index is 1.88. The molecule has 3 aliphatic carbocycles. The van der Waals surface area contributed by atoms with Gasteiger partial charge in [-0.25, -0.2) is 0 Å². The van der Waals surface area contributed by atoms with E-state index in [1.54, 1.807) is 0 Å². The number of esters is 1. The van der Waals surface area contributed by atoms with Crippen LogP contribution in [0.4, 0.5) is 0 Å². The van der Waals surface area contributed by atoms with Gasteiger partial charge in [0.2, 0.25) is 0 Å². The van der Waals surface area contributed by atoms with Crippen molar-refractivity contribution in [3.05, 3.63) is 0 Å². The van der Waals surface area contributed by atoms with Crippen molar-refractivity contribution >= 4 is 5.97 Å². The second-order valence-corrected chi connectivity index (χ2v) is 9.72. The Morgan fingerprint density at radius 1 is 1.08 bits per heavy atom. The van der Waals surface area contributed by atoms with Crippen LogP contribution in [-0.2, 0) is 9.53 Å². The Kier molecular flexibility index (Phi) is 5.00. The van der Waals surface area contributed by atoms with Gasteiger partial charge in [0.1, 0.15) is 0 Å². The monoisotopic (exact) mass is 352 g/mol. The number of carbonyl (C=O) groups excluding carboxylic acids is 1. The third-order valence-electron chi connectivity index (χ3n) is 8.69. The first kappa shape index (κ1) is 19.2. The zero-order valence-electron chi connectivity index (χ0n) is 16.4. The zero-order chi connectivity index (χ0) is 18.5. The third kappa shape index (κ3) is 2.93. The molecule has 0 saturated heterocycles. The van der Waals surface area contributed by atoms with Crippen LogP contribution in [0.2, 0.25) is 0 Å². The minimum atomic E-state index is -0.559. The molecule has 0 heterocycles. The first-order valence-electron chi connectivity index (χ1n) is 10.1. The highest BCUT2D eigenvalue weighted by atomic mass is 16.5. The Bertz CT molecular complexity index is 516. The molecule has 0 aromatic rings. The maximum absolute atomic E-state index is 11.5. The minimum absolute atomic E-state index is 0.0142. The summed E-state index contributed by atoms with van der Waals surface area (Å²) >= 11 is 0. The number of hydrogen-bond acceptors (Lipinski definition) is 4. The maximum Gasteiger partial charge on any atom is 0.302 e. The molecule has 0 unspecified atom stereocenters. The third-order valence-corrected chi connectivity index (χ3v) is 8.69. The molecule has 0 aliphatic heterocycles. The number of hydrogen-bond donors (Lipinski definition) is 2. The maximum atomic E-state index is 11.5. The van der Waals surface area contributed by atoms with Crippen molar-refractivity contribution in [2.45, 2.75) is 78.2 Å². The van der Waals surface area contributed by atoms with Crippen molar-refractivity contribution in [1.29, 1.82) is 0 Å². The van der Waals surface area contributed by atoms with Gasteiger partial charge in [-0.05, 0) is 81.0 Å². The Morgan fingerprint density at radius 3 is 2.40 bits per heavy atom. The summed E-state index contributed by atoms with van der Waals surface area (Å²) < 4.78 is 5.52. The molecular formula is C21H36O4. The highest BCUT2D eigenvalue weighted by molar-refractivity contribution is 5.65. The Morgan fingerprint density at radius 2 is 1.76 bits per heavy atom. The van der Waals surface area contributed by atoms with Crippen LogP contribution >= 0.6 is 0 Å². The number of fused-ring (bicyclic) bond motifs is 3. The number of aliphatic hydroxyl groups is 2. The van der Waals surface area contributed by atoms with Gasteiger partial charge >= 0.3 is 5.97 Å². The molecule has 25 heavy (non-hydrogen) atoms. The molecule has 3 rings (SSSR count). The normalized spacial score (nSPS) is 49.4. The predicted molar refractivity (Wildman–Crippen MR) is 96.8 cm³/mol. The van der Waals surface area contributed by atoms with Gasteiger partial charge in [-0.2, -0.15) is 0 Å². The van der Waals surface area contributed by atoms with E-state index in [1.165, 1.54) is 13.3 Å². The summed E-state index contributed by atoms with van der Waals surface area (Å²) in [7, 11) is 0. The smallest absolute Gasteiger partial charge is 0.302 e. The number of aliphatic hydroxyl groups excluding tert-OH is 1. The van der Waals surface area contributed by atoms with Gasteiger partial charge in [-0.3, -0.25) is 4.79 Å². The SMILES string of the molecule is CC(=O)OC[C@@]1(C)[C@H](CCO)CC[C@@H]2[C@@H]1CC[C@@]1(C)[C@H]2CC[C@]1(C)O. The summed E-state index contributed by atoms with van der Waals surface area (Å²) in [5, 5.41) is 20.5. The quantitative estimate of drug-likeness (QED) is 0.760. The van der Waals surface area contributed by atoms with Crippen LogP contribution in [0, 0.1) is 34.5 Å². The van der Waals surface area contributed by atoms with Crippen LogP contribution in [0.3, 0.4) is 0 Å². The molecule has 7 atom stereocenters. The van der Waals surface area contributed by atoms with E-state index in [0.29, 0.717) is 30.3 Å². The Hall–Kier alpha value is -0.610. The lowest BCUT2D eigenvalue weighted by Gasteiger charge is -2.59. The molecule has 0 amide bonds. The lowest BCUT2D eigenvalue weighted by Crippen LogP contribution is -2.56. The van der Waals surface area contributed by atoms with Gasteiger partial charge in [0.15, 0.2) is 0 Å². The fraction of sp³-hybridized carbons (Fsp3) is 0.952. The lowest BCUT2D eigenvalue weighted by atomic mass is 9.46. The summed E-state index contributed by atoms with van der Waals surface area (Å²) in [5.41, 5.74) is -0.607. The average molecular weight is 353 g/mol. The molecule has 4 heteroatoms. The molecule has 4 nitrogen and oxygen atoms in total. The minimum Gasteiger partial charge on any atom is -0.465 e. The van der Waals surface area contributed by atoms with Crippen molar-refractivity contribution in [2.24, 2.45) is 34.5 Å². The van der Waals surface area contributed by atoms with Crippen LogP contribution < -0.4 is 0 Å². The molecule has 0 bridgehead atoms. The zero-order valence-corrected chi connectivity index (χ0v) is 16.4. The van der Waals surface area contributed by atoms with Crippen LogP contribution in [0.15, 0.2) is 0 Å². The van der Waals surface area contributed by atoms with Crippen LogP contribution in [0.5, 0.6) is 0 Å². The molecule has 3 aliphatic rings. The fourth-order valence-corrected chi connectivity index (χ4v) is 6.89. The van der Waals surface area contributed by atoms with Crippen molar-refractivity contribution < 1.29 is 19.7 Å². The number of carbonyl (C=O) groups is 1. The van der Waals surface area contributed by atoms with Crippen molar-refractivity contribution in [2.75, 3.05) is 13.2 Å². The molecular weight excluding hydrogens is 316 g/mol. The van der Waals surface area contributed by atoms with E-state index < -0.39 is 5.60 Å². The van der Waals surface area contributed by atoms with Crippen LogP contribution in [-0.4, -0.2) is 35.0 Å². The van der Waals surface area contributed by atoms with Crippen molar-refractivity contribution in [3.8, 4) is 0 Å². The van der Waals surface area contributed by atoms with Crippen LogP contribution in [0.1, 0.15) is 72.6 Å². The van der Waals surface area contributed by atoms with Gasteiger partial charge < -0.3 is 14.9 Å². The van der Waals surface area contributed by atoms with Gasteiger partial charge in [0.25, 0.3) is 0 Å². The fourth-order valence-electron chi connectivity index (χ4n) is 6.89. The summed E-state index contributed by atoms with van der Waals surface area (Å²) in [6.07, 6.45) is 7.22. The van der Waals surface area contributed by atoms with Gasteiger partial charge in [-0.1, -0.05) is 13.8 Å². The van der Waals surface area contributed by atoms with E-state index >= 15 is 0 Å². The second-order valence-electron chi connectivity index (χ2n) is 9.72.